The van der Waals surface area contributed by atoms with Gasteiger partial charge in [-0.05, 0) is 19.9 Å². The molecule has 1 N–H and O–H groups in total. The van der Waals surface area contributed by atoms with Crippen molar-refractivity contribution in [2.45, 2.75) is 13.8 Å². The van der Waals surface area contributed by atoms with Crippen LogP contribution in [0, 0.1) is 24.0 Å². The van der Waals surface area contributed by atoms with Gasteiger partial charge in [0, 0.05) is 5.69 Å². The Labute approximate surface area is 107 Å². The molecule has 98 valence electrons. The van der Waals surface area contributed by atoms with Gasteiger partial charge in [-0.2, -0.15) is 5.10 Å². The Hall–Kier alpha value is -2.77. The highest BCUT2D eigenvalue weighted by molar-refractivity contribution is 5.93. The van der Waals surface area contributed by atoms with Crippen molar-refractivity contribution < 1.29 is 14.8 Å². The number of hydrogen-bond donors (Lipinski definition) is 1. The van der Waals surface area contributed by atoms with Gasteiger partial charge in [0.1, 0.15) is 18.0 Å². The zero-order chi connectivity index (χ0) is 14.2. The highest BCUT2D eigenvalue weighted by atomic mass is 16.6. The third-order valence-electron chi connectivity index (χ3n) is 2.55. The molecule has 0 saturated heterocycles. The van der Waals surface area contributed by atoms with Gasteiger partial charge in [-0.25, -0.2) is 9.48 Å². The van der Waals surface area contributed by atoms with Gasteiger partial charge in [-0.3, -0.25) is 15.1 Å². The van der Waals surface area contributed by atoms with Crippen molar-refractivity contribution in [1.82, 2.24) is 14.8 Å². The van der Waals surface area contributed by atoms with Crippen molar-refractivity contribution in [2.75, 3.05) is 0 Å². The van der Waals surface area contributed by atoms with Crippen molar-refractivity contribution in [3.8, 4) is 5.69 Å². The van der Waals surface area contributed by atoms with E-state index < -0.39 is 10.9 Å². The second-order valence-corrected chi connectivity index (χ2v) is 3.95. The Morgan fingerprint density at radius 1 is 1.47 bits per heavy atom. The molecule has 0 fully saturated rings. The molecule has 8 heteroatoms. The first-order valence-electron chi connectivity index (χ1n) is 5.31. The molecule has 0 bridgehead atoms. The SMILES string of the molecule is Cc1cc(-n2cc([N+](=O)[O-])cn2)c(C(=O)O)c(C)n1. The summed E-state index contributed by atoms with van der Waals surface area (Å²) in [6, 6.07) is 1.52. The molecule has 2 rings (SSSR count). The number of nitrogens with zero attached hydrogens (tertiary/aromatic N) is 4. The molecule has 2 aromatic heterocycles. The first-order valence-corrected chi connectivity index (χ1v) is 5.31. The Bertz CT molecular complexity index is 677. The standard InChI is InChI=1S/C11H10N4O4/c1-6-3-9(10(11(16)17)7(2)13-6)14-5-8(4-12-14)15(18)19/h3-5H,1-2H3,(H,16,17). The van der Waals surface area contributed by atoms with Gasteiger partial charge in [0.15, 0.2) is 0 Å². The Balaban J connectivity index is 2.66. The van der Waals surface area contributed by atoms with Gasteiger partial charge in [-0.15, -0.1) is 0 Å². The fraction of sp³-hybridized carbons (Fsp3) is 0.182. The molecule has 8 nitrogen and oxygen atoms in total. The summed E-state index contributed by atoms with van der Waals surface area (Å²) in [5, 5.41) is 23.6. The molecule has 0 aliphatic heterocycles. The molecule has 0 aromatic carbocycles. The van der Waals surface area contributed by atoms with E-state index in [1.54, 1.807) is 13.8 Å². The number of carbonyl (C=O) groups is 1. The van der Waals surface area contributed by atoms with Crippen molar-refractivity contribution in [1.29, 1.82) is 0 Å². The summed E-state index contributed by atoms with van der Waals surface area (Å²) >= 11 is 0. The number of pyridine rings is 1. The molecule has 0 aliphatic carbocycles. The number of carboxylic acid groups (broad SMARTS) is 1. The van der Waals surface area contributed by atoms with Crippen molar-refractivity contribution >= 4 is 11.7 Å². The lowest BCUT2D eigenvalue weighted by Gasteiger charge is -2.09. The average Bonchev–Trinajstić information content (AvgIpc) is 2.76. The number of carboxylic acids is 1. The van der Waals surface area contributed by atoms with Gasteiger partial charge < -0.3 is 5.11 Å². The summed E-state index contributed by atoms with van der Waals surface area (Å²) in [4.78, 5) is 25.3. The normalized spacial score (nSPS) is 10.4. The molecule has 0 aliphatic rings. The van der Waals surface area contributed by atoms with Crippen molar-refractivity contribution in [2.24, 2.45) is 0 Å². The van der Waals surface area contributed by atoms with E-state index in [-0.39, 0.29) is 16.9 Å². The monoisotopic (exact) mass is 262 g/mol. The lowest BCUT2D eigenvalue weighted by molar-refractivity contribution is -0.384. The fourth-order valence-electron chi connectivity index (χ4n) is 1.79. The smallest absolute Gasteiger partial charge is 0.339 e. The van der Waals surface area contributed by atoms with E-state index in [2.05, 4.69) is 10.1 Å². The molecule has 0 radical (unpaired) electrons. The molecule has 0 amide bonds. The highest BCUT2D eigenvalue weighted by Crippen LogP contribution is 2.20. The zero-order valence-corrected chi connectivity index (χ0v) is 10.2. The molecular formula is C11H10N4O4. The average molecular weight is 262 g/mol. The molecular weight excluding hydrogens is 252 g/mol. The second kappa shape index (κ2) is 4.48. The van der Waals surface area contributed by atoms with E-state index in [9.17, 15) is 20.0 Å². The van der Waals surface area contributed by atoms with E-state index in [4.69, 9.17) is 0 Å². The van der Waals surface area contributed by atoms with Crippen LogP contribution in [-0.4, -0.2) is 30.8 Å². The number of hydrogen-bond acceptors (Lipinski definition) is 5. The van der Waals surface area contributed by atoms with E-state index >= 15 is 0 Å². The van der Waals surface area contributed by atoms with E-state index in [0.717, 1.165) is 6.20 Å². The molecule has 19 heavy (non-hydrogen) atoms. The second-order valence-electron chi connectivity index (χ2n) is 3.95. The lowest BCUT2D eigenvalue weighted by Crippen LogP contribution is -2.10. The van der Waals surface area contributed by atoms with Crippen LogP contribution in [0.4, 0.5) is 5.69 Å². The number of rotatable bonds is 3. The van der Waals surface area contributed by atoms with Crippen LogP contribution in [0.15, 0.2) is 18.5 Å². The minimum atomic E-state index is -1.15. The summed E-state index contributed by atoms with van der Waals surface area (Å²) in [6.07, 6.45) is 2.23. The van der Waals surface area contributed by atoms with Gasteiger partial charge in [-0.1, -0.05) is 0 Å². The Morgan fingerprint density at radius 3 is 2.68 bits per heavy atom. The zero-order valence-electron chi connectivity index (χ0n) is 10.2. The summed E-state index contributed by atoms with van der Waals surface area (Å²) in [7, 11) is 0. The molecule has 2 heterocycles. The largest absolute Gasteiger partial charge is 0.478 e. The van der Waals surface area contributed by atoms with Crippen LogP contribution in [0.1, 0.15) is 21.7 Å². The van der Waals surface area contributed by atoms with E-state index in [1.807, 2.05) is 0 Å². The minimum Gasteiger partial charge on any atom is -0.478 e. The molecule has 0 unspecified atom stereocenters. The fourth-order valence-corrected chi connectivity index (χ4v) is 1.79. The van der Waals surface area contributed by atoms with Crippen LogP contribution in [0.2, 0.25) is 0 Å². The van der Waals surface area contributed by atoms with Gasteiger partial charge in [0.2, 0.25) is 0 Å². The number of aryl methyl sites for hydroxylation is 2. The maximum Gasteiger partial charge on any atom is 0.339 e. The lowest BCUT2D eigenvalue weighted by atomic mass is 10.1. The minimum absolute atomic E-state index is 0.0244. The van der Waals surface area contributed by atoms with E-state index in [0.29, 0.717) is 11.4 Å². The number of aromatic nitrogens is 3. The van der Waals surface area contributed by atoms with Gasteiger partial charge >= 0.3 is 11.7 Å². The Kier molecular flexibility index (Phi) is 2.99. The maximum atomic E-state index is 11.3. The first kappa shape index (κ1) is 12.7. The Morgan fingerprint density at radius 2 is 2.16 bits per heavy atom. The highest BCUT2D eigenvalue weighted by Gasteiger charge is 2.19. The van der Waals surface area contributed by atoms with Crippen molar-refractivity contribution in [3.05, 3.63) is 45.5 Å². The van der Waals surface area contributed by atoms with Gasteiger partial charge in [0.05, 0.1) is 16.3 Å². The van der Waals surface area contributed by atoms with Crippen LogP contribution >= 0.6 is 0 Å². The van der Waals surface area contributed by atoms with E-state index in [1.165, 1.54) is 16.9 Å². The van der Waals surface area contributed by atoms with Crippen molar-refractivity contribution in [3.63, 3.8) is 0 Å². The third kappa shape index (κ3) is 2.28. The molecule has 0 saturated carbocycles. The quantitative estimate of drug-likeness (QED) is 0.662. The summed E-state index contributed by atoms with van der Waals surface area (Å²) < 4.78 is 1.17. The molecule has 0 spiro atoms. The third-order valence-corrected chi connectivity index (χ3v) is 2.55. The number of aromatic carboxylic acids is 1. The summed E-state index contributed by atoms with van der Waals surface area (Å²) in [5.74, 6) is -1.15. The molecule has 0 atom stereocenters. The van der Waals surface area contributed by atoms with Crippen LogP contribution in [-0.2, 0) is 0 Å². The van der Waals surface area contributed by atoms with Crippen LogP contribution in [0.25, 0.3) is 5.69 Å². The topological polar surface area (TPSA) is 111 Å². The summed E-state index contributed by atoms with van der Waals surface area (Å²) in [5.41, 5.74) is 0.967. The molecule has 2 aromatic rings. The van der Waals surface area contributed by atoms with Crippen LogP contribution in [0.5, 0.6) is 0 Å². The number of nitro groups is 1. The maximum absolute atomic E-state index is 11.3. The van der Waals surface area contributed by atoms with Gasteiger partial charge in [0.25, 0.3) is 0 Å². The van der Waals surface area contributed by atoms with Crippen LogP contribution < -0.4 is 0 Å². The van der Waals surface area contributed by atoms with Crippen LogP contribution in [0.3, 0.4) is 0 Å². The summed E-state index contributed by atoms with van der Waals surface area (Å²) in [6.45, 7) is 3.28. The first-order chi connectivity index (χ1) is 8.90. The predicted octanol–water partition coefficient (Wildman–Crippen LogP) is 1.49. The predicted molar refractivity (Wildman–Crippen MR) is 64.4 cm³/mol.